The molecule has 1 atom stereocenters. The van der Waals surface area contributed by atoms with Gasteiger partial charge in [0, 0.05) is 4.47 Å². The molecule has 0 saturated heterocycles. The maximum absolute atomic E-state index is 12.3. The highest BCUT2D eigenvalue weighted by molar-refractivity contribution is 9.10. The van der Waals surface area contributed by atoms with Crippen LogP contribution >= 0.6 is 15.9 Å². The van der Waals surface area contributed by atoms with Gasteiger partial charge in [-0.3, -0.25) is 4.79 Å². The Morgan fingerprint density at radius 3 is 2.48 bits per heavy atom. The molecule has 1 heterocycles. The van der Waals surface area contributed by atoms with Crippen LogP contribution in [0.25, 0.3) is 5.69 Å². The highest BCUT2D eigenvalue weighted by Gasteiger charge is 2.14. The van der Waals surface area contributed by atoms with E-state index in [0.717, 1.165) is 19.4 Å². The second-order valence-corrected chi connectivity index (χ2v) is 6.42. The number of hydrogen-bond acceptors (Lipinski definition) is 4. The number of para-hydroxylation sites is 1. The van der Waals surface area contributed by atoms with Crippen molar-refractivity contribution in [1.82, 2.24) is 25.1 Å². The lowest BCUT2D eigenvalue weighted by Crippen LogP contribution is -2.34. The topological polar surface area (TPSA) is 81.8 Å². The summed E-state index contributed by atoms with van der Waals surface area (Å²) in [7, 11) is 0. The van der Waals surface area contributed by atoms with Crippen LogP contribution < -0.4 is 11.0 Å². The molecule has 0 aliphatic rings. The number of halogens is 1. The van der Waals surface area contributed by atoms with Crippen LogP contribution in [0.1, 0.15) is 18.5 Å². The molecule has 8 heteroatoms. The number of amides is 1. The van der Waals surface area contributed by atoms with Crippen molar-refractivity contribution >= 4 is 21.8 Å². The van der Waals surface area contributed by atoms with Crippen LogP contribution in [0.4, 0.5) is 0 Å². The molecule has 25 heavy (non-hydrogen) atoms. The van der Waals surface area contributed by atoms with Gasteiger partial charge in [0.05, 0.1) is 11.7 Å². The zero-order chi connectivity index (χ0) is 17.8. The Morgan fingerprint density at radius 1 is 1.12 bits per heavy atom. The summed E-state index contributed by atoms with van der Waals surface area (Å²) in [6, 6.07) is 16.4. The van der Waals surface area contributed by atoms with Crippen LogP contribution in [-0.2, 0) is 11.3 Å². The molecule has 0 radical (unpaired) electrons. The molecule has 0 spiro atoms. The molecule has 0 unspecified atom stereocenters. The first-order valence-electron chi connectivity index (χ1n) is 7.67. The quantitative estimate of drug-likeness (QED) is 0.709. The first-order valence-corrected chi connectivity index (χ1v) is 8.47. The molecule has 0 saturated carbocycles. The molecule has 0 fully saturated rings. The summed E-state index contributed by atoms with van der Waals surface area (Å²) in [6.07, 6.45) is 0. The fourth-order valence-corrected chi connectivity index (χ4v) is 2.63. The lowest BCUT2D eigenvalue weighted by atomic mass is 10.1. The Bertz CT molecular complexity index is 918. The third-order valence-corrected chi connectivity index (χ3v) is 4.21. The smallest absolute Gasteiger partial charge is 0.348 e. The number of rotatable bonds is 5. The summed E-state index contributed by atoms with van der Waals surface area (Å²) < 4.78 is 3.17. The van der Waals surface area contributed by atoms with E-state index in [1.807, 2.05) is 37.3 Å². The van der Waals surface area contributed by atoms with E-state index in [0.29, 0.717) is 5.69 Å². The van der Waals surface area contributed by atoms with Crippen molar-refractivity contribution in [2.24, 2.45) is 0 Å². The molecule has 2 aromatic carbocycles. The van der Waals surface area contributed by atoms with Crippen LogP contribution in [-0.4, -0.2) is 25.7 Å². The number of tetrazole rings is 1. The van der Waals surface area contributed by atoms with E-state index in [1.165, 1.54) is 0 Å². The van der Waals surface area contributed by atoms with Gasteiger partial charge in [-0.05, 0) is 47.2 Å². The van der Waals surface area contributed by atoms with Crippen molar-refractivity contribution in [3.8, 4) is 5.69 Å². The van der Waals surface area contributed by atoms with E-state index in [9.17, 15) is 9.59 Å². The zero-order valence-corrected chi connectivity index (χ0v) is 15.0. The molecule has 1 aromatic heterocycles. The second-order valence-electron chi connectivity index (χ2n) is 5.51. The molecule has 0 aliphatic heterocycles. The highest BCUT2D eigenvalue weighted by Crippen LogP contribution is 2.16. The van der Waals surface area contributed by atoms with E-state index < -0.39 is 5.69 Å². The minimum absolute atomic E-state index is 0.180. The molecule has 3 aromatic rings. The summed E-state index contributed by atoms with van der Waals surface area (Å²) >= 11 is 3.38. The average molecular weight is 402 g/mol. The summed E-state index contributed by atoms with van der Waals surface area (Å²) in [5.74, 6) is -0.308. The summed E-state index contributed by atoms with van der Waals surface area (Å²) in [4.78, 5) is 24.5. The van der Waals surface area contributed by atoms with Crippen LogP contribution in [0.15, 0.2) is 63.9 Å². The van der Waals surface area contributed by atoms with Crippen molar-refractivity contribution in [3.05, 3.63) is 75.1 Å². The van der Waals surface area contributed by atoms with E-state index >= 15 is 0 Å². The van der Waals surface area contributed by atoms with Crippen LogP contribution in [0.5, 0.6) is 0 Å². The highest BCUT2D eigenvalue weighted by atomic mass is 79.9. The molecule has 1 amide bonds. The molecule has 1 N–H and O–H groups in total. The number of nitrogens with one attached hydrogen (secondary N) is 1. The van der Waals surface area contributed by atoms with Gasteiger partial charge in [-0.25, -0.2) is 4.79 Å². The number of hydrogen-bond donors (Lipinski definition) is 1. The predicted octanol–water partition coefficient (Wildman–Crippen LogP) is 2.07. The number of carbonyl (C=O) groups excluding carboxylic acids is 1. The van der Waals surface area contributed by atoms with Gasteiger partial charge in [-0.1, -0.05) is 46.3 Å². The molecule has 128 valence electrons. The van der Waals surface area contributed by atoms with Crippen LogP contribution in [0, 0.1) is 0 Å². The minimum atomic E-state index is -0.461. The monoisotopic (exact) mass is 401 g/mol. The van der Waals surface area contributed by atoms with Gasteiger partial charge in [-0.15, -0.1) is 0 Å². The van der Waals surface area contributed by atoms with E-state index in [-0.39, 0.29) is 18.5 Å². The van der Waals surface area contributed by atoms with E-state index in [2.05, 4.69) is 31.7 Å². The van der Waals surface area contributed by atoms with Crippen molar-refractivity contribution in [1.29, 1.82) is 0 Å². The Hall–Kier alpha value is -2.74. The van der Waals surface area contributed by atoms with Crippen molar-refractivity contribution < 1.29 is 4.79 Å². The lowest BCUT2D eigenvalue weighted by molar-refractivity contribution is -0.122. The van der Waals surface area contributed by atoms with Gasteiger partial charge < -0.3 is 5.32 Å². The predicted molar refractivity (Wildman–Crippen MR) is 96.3 cm³/mol. The molecule has 3 rings (SSSR count). The van der Waals surface area contributed by atoms with Gasteiger partial charge in [0.1, 0.15) is 6.54 Å². The maximum atomic E-state index is 12.3. The summed E-state index contributed by atoms with van der Waals surface area (Å²) in [6.45, 7) is 1.69. The van der Waals surface area contributed by atoms with Gasteiger partial charge >= 0.3 is 5.69 Å². The molecule has 0 aliphatic carbocycles. The molecular weight excluding hydrogens is 386 g/mol. The average Bonchev–Trinajstić information content (AvgIpc) is 2.96. The molecular formula is C17H16BrN5O2. The standard InChI is InChI=1S/C17H16BrN5O2/c1-12(13-7-9-14(18)10-8-13)19-16(24)11-22-17(25)23(21-20-22)15-5-3-2-4-6-15/h2-10,12H,11H2,1H3,(H,19,24)/t12-/m0/s1. The van der Waals surface area contributed by atoms with Gasteiger partial charge in [0.15, 0.2) is 0 Å². The van der Waals surface area contributed by atoms with Gasteiger partial charge in [0.2, 0.25) is 5.91 Å². The zero-order valence-electron chi connectivity index (χ0n) is 13.5. The Kier molecular flexibility index (Phi) is 5.08. The number of aromatic nitrogens is 4. The third-order valence-electron chi connectivity index (χ3n) is 3.68. The third kappa shape index (κ3) is 4.03. The van der Waals surface area contributed by atoms with Crippen molar-refractivity contribution in [3.63, 3.8) is 0 Å². The van der Waals surface area contributed by atoms with E-state index in [1.54, 1.807) is 24.3 Å². The van der Waals surface area contributed by atoms with Gasteiger partial charge in [0.25, 0.3) is 0 Å². The first-order chi connectivity index (χ1) is 12.0. The van der Waals surface area contributed by atoms with Crippen molar-refractivity contribution in [2.45, 2.75) is 19.5 Å². The fourth-order valence-electron chi connectivity index (χ4n) is 2.36. The minimum Gasteiger partial charge on any atom is -0.348 e. The Labute approximate surface area is 152 Å². The largest absolute Gasteiger partial charge is 0.368 e. The molecule has 0 bridgehead atoms. The van der Waals surface area contributed by atoms with Crippen LogP contribution in [0.2, 0.25) is 0 Å². The lowest BCUT2D eigenvalue weighted by Gasteiger charge is -2.14. The maximum Gasteiger partial charge on any atom is 0.368 e. The first kappa shape index (κ1) is 17.1. The second kappa shape index (κ2) is 7.43. The van der Waals surface area contributed by atoms with Gasteiger partial charge in [-0.2, -0.15) is 9.36 Å². The number of nitrogens with zero attached hydrogens (tertiary/aromatic N) is 4. The van der Waals surface area contributed by atoms with E-state index in [4.69, 9.17) is 0 Å². The Morgan fingerprint density at radius 2 is 1.80 bits per heavy atom. The Balaban J connectivity index is 1.68. The SMILES string of the molecule is C[C@H](NC(=O)Cn1nnn(-c2ccccc2)c1=O)c1ccc(Br)cc1. The number of benzene rings is 2. The summed E-state index contributed by atoms with van der Waals surface area (Å²) in [5.41, 5.74) is 1.11. The summed E-state index contributed by atoms with van der Waals surface area (Å²) in [5, 5.41) is 10.4. The fraction of sp³-hybridized carbons (Fsp3) is 0.176. The molecule has 7 nitrogen and oxygen atoms in total. The van der Waals surface area contributed by atoms with Crippen molar-refractivity contribution in [2.75, 3.05) is 0 Å². The van der Waals surface area contributed by atoms with Crippen LogP contribution in [0.3, 0.4) is 0 Å². The number of carbonyl (C=O) groups is 1. The normalized spacial score (nSPS) is 11.9.